The van der Waals surface area contributed by atoms with Crippen LogP contribution in [0.5, 0.6) is 0 Å². The van der Waals surface area contributed by atoms with Gasteiger partial charge < -0.3 is 10.6 Å². The third-order valence-corrected chi connectivity index (χ3v) is 2.72. The summed E-state index contributed by atoms with van der Waals surface area (Å²) in [7, 11) is 1.69. The van der Waals surface area contributed by atoms with Gasteiger partial charge in [-0.1, -0.05) is 19.8 Å². The highest BCUT2D eigenvalue weighted by Crippen LogP contribution is 2.14. The number of rotatable bonds is 7. The van der Waals surface area contributed by atoms with E-state index in [2.05, 4.69) is 24.5 Å². The Hall–Kier alpha value is -0.570. The summed E-state index contributed by atoms with van der Waals surface area (Å²) in [5, 5.41) is 6.11. The van der Waals surface area contributed by atoms with Gasteiger partial charge in [-0.3, -0.25) is 4.79 Å². The molecule has 0 aromatic heterocycles. The number of unbranched alkanes of at least 4 members (excludes halogenated alkanes) is 1. The van der Waals surface area contributed by atoms with Gasteiger partial charge in [-0.05, 0) is 27.2 Å². The van der Waals surface area contributed by atoms with E-state index in [4.69, 9.17) is 0 Å². The van der Waals surface area contributed by atoms with E-state index in [-0.39, 0.29) is 11.3 Å². The average molecular weight is 214 g/mol. The molecule has 1 unspecified atom stereocenters. The lowest BCUT2D eigenvalue weighted by molar-refractivity contribution is -0.128. The maximum Gasteiger partial charge on any atom is 0.226 e. The van der Waals surface area contributed by atoms with Crippen molar-refractivity contribution in [3.63, 3.8) is 0 Å². The molecule has 0 aromatic carbocycles. The molecule has 1 atom stereocenters. The van der Waals surface area contributed by atoms with Crippen molar-refractivity contribution in [3.8, 4) is 0 Å². The number of amides is 1. The molecule has 0 bridgehead atoms. The zero-order chi connectivity index (χ0) is 11.9. The number of hydrogen-bond donors (Lipinski definition) is 2. The molecule has 15 heavy (non-hydrogen) atoms. The molecular weight excluding hydrogens is 188 g/mol. The fraction of sp³-hybridized carbons (Fsp3) is 0.917. The molecule has 0 aliphatic carbocycles. The van der Waals surface area contributed by atoms with Crippen LogP contribution in [0.2, 0.25) is 0 Å². The lowest BCUT2D eigenvalue weighted by Crippen LogP contribution is -2.44. The fourth-order valence-electron chi connectivity index (χ4n) is 1.46. The highest BCUT2D eigenvalue weighted by molar-refractivity contribution is 5.81. The zero-order valence-electron chi connectivity index (χ0n) is 10.8. The standard InChI is InChI=1S/C12H26N2O/c1-6-7-8-10(2)14-9-12(3,4)11(15)13-5/h10,14H,6-9H2,1-5H3,(H,13,15). The molecule has 0 spiro atoms. The van der Waals surface area contributed by atoms with Crippen molar-refractivity contribution in [2.75, 3.05) is 13.6 Å². The van der Waals surface area contributed by atoms with Gasteiger partial charge in [0.15, 0.2) is 0 Å². The van der Waals surface area contributed by atoms with Gasteiger partial charge in [0.2, 0.25) is 5.91 Å². The largest absolute Gasteiger partial charge is 0.359 e. The number of carbonyl (C=O) groups is 1. The minimum Gasteiger partial charge on any atom is -0.359 e. The molecule has 0 saturated heterocycles. The highest BCUT2D eigenvalue weighted by Gasteiger charge is 2.26. The van der Waals surface area contributed by atoms with E-state index < -0.39 is 0 Å². The molecule has 2 N–H and O–H groups in total. The summed E-state index contributed by atoms with van der Waals surface area (Å²) in [6, 6.07) is 0.494. The van der Waals surface area contributed by atoms with E-state index >= 15 is 0 Å². The molecular formula is C12H26N2O. The maximum atomic E-state index is 11.5. The quantitative estimate of drug-likeness (QED) is 0.680. The zero-order valence-corrected chi connectivity index (χ0v) is 10.8. The van der Waals surface area contributed by atoms with Crippen molar-refractivity contribution in [3.05, 3.63) is 0 Å². The maximum absolute atomic E-state index is 11.5. The predicted octanol–water partition coefficient (Wildman–Crippen LogP) is 1.93. The molecule has 0 heterocycles. The lowest BCUT2D eigenvalue weighted by atomic mass is 9.92. The van der Waals surface area contributed by atoms with Crippen LogP contribution in [-0.2, 0) is 4.79 Å². The first-order valence-electron chi connectivity index (χ1n) is 5.89. The van der Waals surface area contributed by atoms with Crippen molar-refractivity contribution in [2.24, 2.45) is 5.41 Å². The van der Waals surface area contributed by atoms with Gasteiger partial charge in [0.25, 0.3) is 0 Å². The summed E-state index contributed by atoms with van der Waals surface area (Å²) in [4.78, 5) is 11.5. The van der Waals surface area contributed by atoms with E-state index in [0.717, 1.165) is 6.54 Å². The second-order valence-corrected chi connectivity index (χ2v) is 4.89. The van der Waals surface area contributed by atoms with Gasteiger partial charge >= 0.3 is 0 Å². The predicted molar refractivity (Wildman–Crippen MR) is 64.8 cm³/mol. The van der Waals surface area contributed by atoms with Crippen LogP contribution in [0, 0.1) is 5.41 Å². The van der Waals surface area contributed by atoms with Gasteiger partial charge in [0.05, 0.1) is 5.41 Å². The molecule has 0 fully saturated rings. The van der Waals surface area contributed by atoms with Crippen molar-refractivity contribution in [1.82, 2.24) is 10.6 Å². The van der Waals surface area contributed by atoms with Crippen LogP contribution in [0.25, 0.3) is 0 Å². The van der Waals surface area contributed by atoms with Crippen molar-refractivity contribution in [2.45, 2.75) is 53.0 Å². The highest BCUT2D eigenvalue weighted by atomic mass is 16.2. The third kappa shape index (κ3) is 5.78. The van der Waals surface area contributed by atoms with Crippen molar-refractivity contribution in [1.29, 1.82) is 0 Å². The third-order valence-electron chi connectivity index (χ3n) is 2.72. The van der Waals surface area contributed by atoms with E-state index in [1.165, 1.54) is 19.3 Å². The summed E-state index contributed by atoms with van der Waals surface area (Å²) >= 11 is 0. The minimum absolute atomic E-state index is 0.0951. The van der Waals surface area contributed by atoms with Crippen LogP contribution in [0.3, 0.4) is 0 Å². The molecule has 0 aliphatic heterocycles. The Kier molecular flexibility index (Phi) is 6.57. The summed E-state index contributed by atoms with van der Waals surface area (Å²) < 4.78 is 0. The molecule has 0 radical (unpaired) electrons. The molecule has 0 saturated carbocycles. The Bertz CT molecular complexity index is 190. The Morgan fingerprint density at radius 1 is 1.40 bits per heavy atom. The smallest absolute Gasteiger partial charge is 0.226 e. The number of carbonyl (C=O) groups excluding carboxylic acids is 1. The van der Waals surface area contributed by atoms with Gasteiger partial charge in [0.1, 0.15) is 0 Å². The number of nitrogens with one attached hydrogen (secondary N) is 2. The van der Waals surface area contributed by atoms with Crippen LogP contribution in [0.1, 0.15) is 47.0 Å². The first kappa shape index (κ1) is 14.4. The van der Waals surface area contributed by atoms with E-state index in [1.807, 2.05) is 13.8 Å². The summed E-state index contributed by atoms with van der Waals surface area (Å²) in [5.41, 5.74) is -0.324. The Balaban J connectivity index is 3.87. The van der Waals surface area contributed by atoms with Gasteiger partial charge in [-0.25, -0.2) is 0 Å². The molecule has 0 rings (SSSR count). The Morgan fingerprint density at radius 2 is 2.00 bits per heavy atom. The van der Waals surface area contributed by atoms with Crippen LogP contribution in [0.4, 0.5) is 0 Å². The molecule has 3 nitrogen and oxygen atoms in total. The summed E-state index contributed by atoms with van der Waals surface area (Å²) in [6.07, 6.45) is 3.65. The first-order chi connectivity index (χ1) is 6.94. The number of hydrogen-bond acceptors (Lipinski definition) is 2. The molecule has 1 amide bonds. The van der Waals surface area contributed by atoms with Crippen molar-refractivity contribution < 1.29 is 4.79 Å². The Morgan fingerprint density at radius 3 is 2.47 bits per heavy atom. The van der Waals surface area contributed by atoms with Gasteiger partial charge in [-0.2, -0.15) is 0 Å². The minimum atomic E-state index is -0.324. The van der Waals surface area contributed by atoms with Crippen LogP contribution in [0.15, 0.2) is 0 Å². The van der Waals surface area contributed by atoms with Crippen LogP contribution >= 0.6 is 0 Å². The fourth-order valence-corrected chi connectivity index (χ4v) is 1.46. The normalized spacial score (nSPS) is 13.7. The van der Waals surface area contributed by atoms with E-state index in [9.17, 15) is 4.79 Å². The monoisotopic (exact) mass is 214 g/mol. The van der Waals surface area contributed by atoms with Gasteiger partial charge in [0, 0.05) is 19.6 Å². The van der Waals surface area contributed by atoms with Crippen LogP contribution in [-0.4, -0.2) is 25.5 Å². The summed E-state index contributed by atoms with van der Waals surface area (Å²) in [6.45, 7) is 9.03. The molecule has 0 aliphatic rings. The second-order valence-electron chi connectivity index (χ2n) is 4.89. The topological polar surface area (TPSA) is 41.1 Å². The van der Waals surface area contributed by atoms with Gasteiger partial charge in [-0.15, -0.1) is 0 Å². The van der Waals surface area contributed by atoms with Crippen molar-refractivity contribution >= 4 is 5.91 Å². The van der Waals surface area contributed by atoms with E-state index in [0.29, 0.717) is 6.04 Å². The summed E-state index contributed by atoms with van der Waals surface area (Å²) in [5.74, 6) is 0.0951. The first-order valence-corrected chi connectivity index (χ1v) is 5.89. The SMILES string of the molecule is CCCCC(C)NCC(C)(C)C(=O)NC. The van der Waals surface area contributed by atoms with Crippen LogP contribution < -0.4 is 10.6 Å². The van der Waals surface area contributed by atoms with E-state index in [1.54, 1.807) is 7.05 Å². The Labute approximate surface area is 94.0 Å². The molecule has 90 valence electrons. The molecule has 0 aromatic rings. The average Bonchev–Trinajstić information content (AvgIpc) is 2.22. The lowest BCUT2D eigenvalue weighted by Gasteiger charge is -2.25. The second kappa shape index (κ2) is 6.83. The molecule has 3 heteroatoms.